The molecule has 0 aromatic heterocycles. The lowest BCUT2D eigenvalue weighted by atomic mass is 9.78. The van der Waals surface area contributed by atoms with Crippen LogP contribution in [-0.4, -0.2) is 87.6 Å². The van der Waals surface area contributed by atoms with Crippen molar-refractivity contribution in [1.82, 2.24) is 9.80 Å². The first-order chi connectivity index (χ1) is 18.9. The summed E-state index contributed by atoms with van der Waals surface area (Å²) in [6.45, 7) is 7.79. The number of carbonyl (C=O) groups is 3. The lowest BCUT2D eigenvalue weighted by molar-refractivity contribution is -0.143. The second-order valence-corrected chi connectivity index (χ2v) is 12.3. The molecule has 1 aromatic carbocycles. The monoisotopic (exact) mass is 553 g/mol. The summed E-state index contributed by atoms with van der Waals surface area (Å²) in [5.41, 5.74) is 0.755. The molecule has 1 N–H and O–H groups in total. The van der Waals surface area contributed by atoms with Crippen molar-refractivity contribution in [3.05, 3.63) is 48.6 Å². The minimum Gasteiger partial charge on any atom is -0.494 e. The third-order valence-corrected chi connectivity index (χ3v) is 10.2. The molecular formula is C30H39N3O5S. The Balaban J connectivity index is 1.53. The van der Waals surface area contributed by atoms with E-state index in [-0.39, 0.29) is 35.6 Å². The number of hydrogen-bond donors (Lipinski definition) is 1. The quantitative estimate of drug-likeness (QED) is 0.472. The summed E-state index contributed by atoms with van der Waals surface area (Å²) in [6, 6.07) is 6.82. The number of amides is 3. The van der Waals surface area contributed by atoms with E-state index in [2.05, 4.69) is 26.0 Å². The molecule has 39 heavy (non-hydrogen) atoms. The molecule has 3 amide bonds. The predicted octanol–water partition coefficient (Wildman–Crippen LogP) is 3.25. The van der Waals surface area contributed by atoms with E-state index >= 15 is 0 Å². The number of likely N-dealkylation sites (tertiary alicyclic amines) is 1. The Morgan fingerprint density at radius 3 is 2.54 bits per heavy atom. The van der Waals surface area contributed by atoms with Crippen LogP contribution in [0.5, 0.6) is 5.75 Å². The van der Waals surface area contributed by atoms with E-state index in [1.54, 1.807) is 21.6 Å². The highest BCUT2D eigenvalue weighted by molar-refractivity contribution is 8.02. The summed E-state index contributed by atoms with van der Waals surface area (Å²) in [6.07, 6.45) is 10.4. The average Bonchev–Trinajstić information content (AvgIpc) is 3.23. The van der Waals surface area contributed by atoms with Crippen LogP contribution < -0.4 is 9.64 Å². The van der Waals surface area contributed by atoms with E-state index < -0.39 is 22.6 Å². The topological polar surface area (TPSA) is 90.4 Å². The van der Waals surface area contributed by atoms with Crippen molar-refractivity contribution in [2.45, 2.75) is 62.1 Å². The zero-order chi connectivity index (χ0) is 27.7. The number of rotatable bonds is 9. The molecule has 1 spiro atoms. The number of benzene rings is 1. The van der Waals surface area contributed by atoms with Gasteiger partial charge in [0.2, 0.25) is 17.7 Å². The maximum absolute atomic E-state index is 14.3. The van der Waals surface area contributed by atoms with Crippen LogP contribution in [0.25, 0.3) is 0 Å². The maximum atomic E-state index is 14.3. The van der Waals surface area contributed by atoms with Crippen molar-refractivity contribution in [3.8, 4) is 5.75 Å². The van der Waals surface area contributed by atoms with Gasteiger partial charge >= 0.3 is 0 Å². The Labute approximate surface area is 235 Å². The van der Waals surface area contributed by atoms with Gasteiger partial charge in [0.15, 0.2) is 0 Å². The van der Waals surface area contributed by atoms with Crippen molar-refractivity contribution in [1.29, 1.82) is 0 Å². The number of nitrogens with zero attached hydrogens (tertiary/aromatic N) is 3. The van der Waals surface area contributed by atoms with Gasteiger partial charge in [0.1, 0.15) is 11.8 Å². The highest BCUT2D eigenvalue weighted by atomic mass is 32.2. The molecule has 6 atom stereocenters. The summed E-state index contributed by atoms with van der Waals surface area (Å²) in [5.74, 6) is -0.819. The molecule has 2 saturated heterocycles. The number of thioether (sulfide) groups is 1. The Kier molecular flexibility index (Phi) is 8.10. The van der Waals surface area contributed by atoms with Gasteiger partial charge in [-0.05, 0) is 51.0 Å². The van der Waals surface area contributed by atoms with E-state index in [9.17, 15) is 19.5 Å². The summed E-state index contributed by atoms with van der Waals surface area (Å²) in [4.78, 5) is 48.0. The Hall–Kier alpha value is -2.78. The van der Waals surface area contributed by atoms with Gasteiger partial charge in [-0.1, -0.05) is 37.6 Å². The molecule has 5 rings (SSSR count). The normalized spacial score (nSPS) is 30.7. The van der Waals surface area contributed by atoms with Crippen LogP contribution in [0.1, 0.15) is 40.0 Å². The summed E-state index contributed by atoms with van der Waals surface area (Å²) >= 11 is 1.59. The molecule has 4 aliphatic heterocycles. The van der Waals surface area contributed by atoms with Crippen molar-refractivity contribution in [2.75, 3.05) is 37.7 Å². The third kappa shape index (κ3) is 4.67. The fourth-order valence-corrected chi connectivity index (χ4v) is 8.73. The summed E-state index contributed by atoms with van der Waals surface area (Å²) < 4.78 is 4.74. The minimum atomic E-state index is -0.832. The van der Waals surface area contributed by atoms with E-state index in [0.29, 0.717) is 32.7 Å². The Bertz CT molecular complexity index is 1150. The van der Waals surface area contributed by atoms with E-state index in [0.717, 1.165) is 24.3 Å². The first-order valence-electron chi connectivity index (χ1n) is 14.2. The zero-order valence-electron chi connectivity index (χ0n) is 23.0. The molecule has 4 heterocycles. The van der Waals surface area contributed by atoms with Gasteiger partial charge in [0.25, 0.3) is 0 Å². The van der Waals surface area contributed by atoms with Crippen molar-refractivity contribution in [3.63, 3.8) is 0 Å². The standard InChI is InChI=1S/C30H39N3O5S/c1-4-9-20(3)31-17-7-15-30-25(28(36)33(18-8-19-34)26(30)29(31)37)24-23(39-30)10-6-16-32(27(24)35)21-11-13-22(14-12-21)38-5-2/h6-7,10-15,20,23-26,34H,4-5,8-9,16-19H2,1-3H3/t20?,23-,24+,25+,26?,30+/m1/s1. The predicted molar refractivity (Wildman–Crippen MR) is 153 cm³/mol. The van der Waals surface area contributed by atoms with E-state index in [1.165, 1.54) is 0 Å². The van der Waals surface area contributed by atoms with Crippen LogP contribution in [-0.2, 0) is 14.4 Å². The van der Waals surface area contributed by atoms with Crippen LogP contribution in [0.15, 0.2) is 48.6 Å². The minimum absolute atomic E-state index is 0.0460. The Morgan fingerprint density at radius 2 is 1.85 bits per heavy atom. The molecule has 0 bridgehead atoms. The van der Waals surface area contributed by atoms with Crippen LogP contribution in [0.3, 0.4) is 0 Å². The second-order valence-electron chi connectivity index (χ2n) is 10.8. The van der Waals surface area contributed by atoms with Crippen molar-refractivity contribution < 1.29 is 24.2 Å². The van der Waals surface area contributed by atoms with Crippen LogP contribution >= 0.6 is 11.8 Å². The largest absolute Gasteiger partial charge is 0.494 e. The van der Waals surface area contributed by atoms with Crippen LogP contribution in [0.2, 0.25) is 0 Å². The molecule has 0 saturated carbocycles. The molecule has 0 radical (unpaired) electrons. The van der Waals surface area contributed by atoms with Crippen LogP contribution in [0, 0.1) is 11.8 Å². The molecule has 210 valence electrons. The number of carbonyl (C=O) groups excluding carboxylic acids is 3. The van der Waals surface area contributed by atoms with E-state index in [1.807, 2.05) is 48.2 Å². The number of aliphatic hydroxyl groups excluding tert-OH is 1. The first kappa shape index (κ1) is 27.8. The van der Waals surface area contributed by atoms with Gasteiger partial charge < -0.3 is 24.5 Å². The average molecular weight is 554 g/mol. The van der Waals surface area contributed by atoms with Gasteiger partial charge in [0, 0.05) is 43.2 Å². The highest BCUT2D eigenvalue weighted by Gasteiger charge is 2.71. The molecular weight excluding hydrogens is 514 g/mol. The fourth-order valence-electron chi connectivity index (χ4n) is 6.73. The number of fused-ring (bicyclic) bond motifs is 2. The van der Waals surface area contributed by atoms with Crippen molar-refractivity contribution in [2.24, 2.45) is 11.8 Å². The fraction of sp³-hybridized carbons (Fsp3) is 0.567. The number of hydrogen-bond acceptors (Lipinski definition) is 6. The smallest absolute Gasteiger partial charge is 0.247 e. The summed E-state index contributed by atoms with van der Waals surface area (Å²) in [7, 11) is 0. The van der Waals surface area contributed by atoms with Crippen LogP contribution in [0.4, 0.5) is 5.69 Å². The lowest BCUT2D eigenvalue weighted by Crippen LogP contribution is -2.55. The molecule has 9 heteroatoms. The molecule has 2 unspecified atom stereocenters. The van der Waals surface area contributed by atoms with Gasteiger partial charge in [0.05, 0.1) is 23.2 Å². The first-order valence-corrected chi connectivity index (χ1v) is 15.0. The molecule has 1 aromatic rings. The van der Waals surface area contributed by atoms with E-state index in [4.69, 9.17) is 4.74 Å². The zero-order valence-corrected chi connectivity index (χ0v) is 23.8. The molecule has 0 aliphatic carbocycles. The number of anilines is 1. The Morgan fingerprint density at radius 1 is 1.08 bits per heavy atom. The highest BCUT2D eigenvalue weighted by Crippen LogP contribution is 2.61. The maximum Gasteiger partial charge on any atom is 0.247 e. The summed E-state index contributed by atoms with van der Waals surface area (Å²) in [5, 5.41) is 9.38. The second kappa shape index (κ2) is 11.4. The van der Waals surface area contributed by atoms with Gasteiger partial charge in [-0.2, -0.15) is 0 Å². The number of aliphatic hydroxyl groups is 1. The van der Waals surface area contributed by atoms with Crippen molar-refractivity contribution >= 4 is 35.2 Å². The van der Waals surface area contributed by atoms with Gasteiger partial charge in [-0.15, -0.1) is 11.8 Å². The SMILES string of the molecule is CCCC(C)N1CC=C[C@]23S[C@@H]4C=CCN(c5ccc(OCC)cc5)C(=O)[C@@H]4[C@H]2C(=O)N(CCCO)C3C1=O. The molecule has 8 nitrogen and oxygen atoms in total. The molecule has 2 fully saturated rings. The third-order valence-electron chi connectivity index (χ3n) is 8.44. The number of ether oxygens (including phenoxy) is 1. The van der Waals surface area contributed by atoms with Gasteiger partial charge in [-0.25, -0.2) is 0 Å². The van der Waals surface area contributed by atoms with Gasteiger partial charge in [-0.3, -0.25) is 14.4 Å². The lowest BCUT2D eigenvalue weighted by Gasteiger charge is -2.37. The molecule has 4 aliphatic rings.